The molecule has 9 rings (SSSR count). The molecule has 0 atom stereocenters. The molecule has 0 aliphatic rings. The number of halogens is 1. The normalized spacial score (nSPS) is 11.8. The van der Waals surface area contributed by atoms with Crippen molar-refractivity contribution in [1.82, 2.24) is 19.5 Å². The first-order valence-electron chi connectivity index (χ1n) is 21.8. The number of pyridine rings is 2. The second kappa shape index (κ2) is 18.7. The first-order chi connectivity index (χ1) is 29.7. The van der Waals surface area contributed by atoms with Gasteiger partial charge in [0.05, 0.1) is 30.5 Å². The van der Waals surface area contributed by atoms with E-state index in [1.807, 2.05) is 31.3 Å². The zero-order valence-corrected chi connectivity index (χ0v) is 41.3. The van der Waals surface area contributed by atoms with Crippen molar-refractivity contribution in [2.45, 2.75) is 86.4 Å². The van der Waals surface area contributed by atoms with E-state index in [0.29, 0.717) is 23.5 Å². The molecule has 63 heavy (non-hydrogen) atoms. The van der Waals surface area contributed by atoms with Gasteiger partial charge in [-0.05, 0) is 101 Å². The van der Waals surface area contributed by atoms with Gasteiger partial charge in [0.25, 0.3) is 0 Å². The van der Waals surface area contributed by atoms with E-state index in [1.165, 1.54) is 50.8 Å². The summed E-state index contributed by atoms with van der Waals surface area (Å²) in [5.74, 6) is 1.75. The zero-order valence-electron chi connectivity index (χ0n) is 37.9. The van der Waals surface area contributed by atoms with Gasteiger partial charge >= 0.3 is 0 Å². The van der Waals surface area contributed by atoms with E-state index < -0.39 is 8.07 Å². The predicted octanol–water partition coefficient (Wildman–Crippen LogP) is 14.4. The Morgan fingerprint density at radius 3 is 2.08 bits per heavy atom. The van der Waals surface area contributed by atoms with Crippen LogP contribution in [0.3, 0.4) is 0 Å². The van der Waals surface area contributed by atoms with Crippen LogP contribution in [-0.4, -0.2) is 27.6 Å². The first kappa shape index (κ1) is 45.5. The third-order valence-corrected chi connectivity index (χ3v) is 13.5. The number of fused-ring (bicyclic) bond motifs is 4. The molecule has 0 amide bonds. The Hall–Kier alpha value is -5.53. The maximum atomic E-state index is 13.4. The second-order valence-corrected chi connectivity index (χ2v) is 23.5. The van der Waals surface area contributed by atoms with E-state index in [2.05, 4.69) is 167 Å². The Labute approximate surface area is 386 Å². The average Bonchev–Trinajstić information content (AvgIpc) is 3.81. The van der Waals surface area contributed by atoms with Gasteiger partial charge in [-0.1, -0.05) is 126 Å². The minimum Gasteiger partial charge on any atom is -0.486 e. The van der Waals surface area contributed by atoms with Crippen molar-refractivity contribution < 1.29 is 28.9 Å². The first-order valence-corrected chi connectivity index (χ1v) is 25.3. The monoisotopic (exact) mass is 1030 g/mol. The Bertz CT molecular complexity index is 3020. The molecule has 0 N–H and O–H groups in total. The summed E-state index contributed by atoms with van der Waals surface area (Å²) in [5.41, 5.74) is 14.3. The minimum atomic E-state index is -1.43. The number of nitrogens with zero attached hydrogens (tertiary/aromatic N) is 4. The maximum Gasteiger partial charge on any atom is 0.216 e. The van der Waals surface area contributed by atoms with Crippen LogP contribution in [0.25, 0.3) is 72.6 Å². The van der Waals surface area contributed by atoms with Crippen LogP contribution in [0.1, 0.15) is 75.8 Å². The SMILES string of the molecule is CC(C)Cc1cc(-c2[c-]ccc(F)c2)ncc1[Si](C)(C)C.Cc1ccc2c(n1)oc1c(-c3nc4ccccc4n3-c3c(C(C)C)cc(-c4ccccc4)cc3C(C)C)[c-]ccc12.[Ir]. The van der Waals surface area contributed by atoms with Gasteiger partial charge in [0.2, 0.25) is 5.71 Å². The van der Waals surface area contributed by atoms with Crippen molar-refractivity contribution in [3.05, 3.63) is 162 Å². The molecule has 0 spiro atoms. The van der Waals surface area contributed by atoms with Gasteiger partial charge in [0.1, 0.15) is 0 Å². The molecule has 5 nitrogen and oxygen atoms in total. The number of hydrogen-bond donors (Lipinski definition) is 0. The third-order valence-electron chi connectivity index (χ3n) is 11.4. The van der Waals surface area contributed by atoms with Gasteiger partial charge in [-0.25, -0.2) is 9.37 Å². The molecule has 8 heteroatoms. The summed E-state index contributed by atoms with van der Waals surface area (Å²) in [6, 6.07) is 45.1. The van der Waals surface area contributed by atoms with E-state index >= 15 is 0 Å². The Balaban J connectivity index is 0.000000229. The summed E-state index contributed by atoms with van der Waals surface area (Å²) >= 11 is 0. The quantitative estimate of drug-likeness (QED) is 0.107. The molecule has 5 aromatic carbocycles. The number of aryl methyl sites for hydroxylation is 1. The second-order valence-electron chi connectivity index (χ2n) is 18.4. The van der Waals surface area contributed by atoms with Crippen molar-refractivity contribution in [1.29, 1.82) is 0 Å². The van der Waals surface area contributed by atoms with E-state index in [9.17, 15) is 4.39 Å². The number of hydrogen-bond acceptors (Lipinski definition) is 4. The fourth-order valence-electron chi connectivity index (χ4n) is 8.43. The van der Waals surface area contributed by atoms with E-state index in [1.54, 1.807) is 6.07 Å². The van der Waals surface area contributed by atoms with E-state index in [4.69, 9.17) is 9.40 Å². The van der Waals surface area contributed by atoms with E-state index in [-0.39, 0.29) is 25.9 Å². The summed E-state index contributed by atoms with van der Waals surface area (Å²) in [7, 11) is -1.43. The molecule has 0 unspecified atom stereocenters. The smallest absolute Gasteiger partial charge is 0.216 e. The standard InChI is InChI=1S/C37H32N3O.C18H23FNSi.Ir/c1-22(2)30-20-26(25-12-7-6-8-13-25)21-31(23(3)4)34(30)40-33-17-10-9-16-32(33)39-36(40)29-15-11-14-27-28-19-18-24(5)38-37(28)41-35(27)29;1-13(2)9-15-11-17(14-7-6-8-16(19)10-14)20-12-18(15)21(3,4)5;/h6-14,16-23H,1-5H3;6,8,10-13H,9H2,1-5H3;/q2*-1;. The Morgan fingerprint density at radius 1 is 0.730 bits per heavy atom. The molecule has 0 bridgehead atoms. The Morgan fingerprint density at radius 2 is 1.41 bits per heavy atom. The third kappa shape index (κ3) is 9.40. The Kier molecular flexibility index (Phi) is 13.5. The van der Waals surface area contributed by atoms with Gasteiger partial charge in [0.15, 0.2) is 0 Å². The average molecular weight is 1030 g/mol. The fourth-order valence-corrected chi connectivity index (χ4v) is 10.0. The molecular formula is C55H55FIrN4OSi-2. The molecule has 9 aromatic rings. The number of benzene rings is 5. The van der Waals surface area contributed by atoms with Crippen LogP contribution >= 0.6 is 0 Å². The van der Waals surface area contributed by atoms with Gasteiger partial charge in [0, 0.05) is 48.9 Å². The molecule has 0 aliphatic carbocycles. The summed E-state index contributed by atoms with van der Waals surface area (Å²) in [6.07, 6.45) is 3.03. The number of rotatable bonds is 9. The van der Waals surface area contributed by atoms with Crippen molar-refractivity contribution in [2.24, 2.45) is 5.92 Å². The van der Waals surface area contributed by atoms with Crippen LogP contribution in [-0.2, 0) is 26.5 Å². The maximum absolute atomic E-state index is 13.4. The van der Waals surface area contributed by atoms with Gasteiger partial charge in [-0.15, -0.1) is 48.0 Å². The number of aromatic nitrogens is 4. The molecule has 0 saturated heterocycles. The summed E-state index contributed by atoms with van der Waals surface area (Å²) in [5, 5.41) is 3.42. The molecule has 1 radical (unpaired) electrons. The number of para-hydroxylation sites is 2. The molecule has 323 valence electrons. The molecule has 0 fully saturated rings. The van der Waals surface area contributed by atoms with Crippen molar-refractivity contribution >= 4 is 46.4 Å². The number of imidazole rings is 1. The van der Waals surface area contributed by atoms with Crippen molar-refractivity contribution in [3.8, 4) is 39.5 Å². The van der Waals surface area contributed by atoms with Crippen LogP contribution in [0.15, 0.2) is 126 Å². The van der Waals surface area contributed by atoms with Gasteiger partial charge < -0.3 is 14.0 Å². The van der Waals surface area contributed by atoms with Crippen LogP contribution in [0.2, 0.25) is 19.6 Å². The summed E-state index contributed by atoms with van der Waals surface area (Å²) in [4.78, 5) is 14.5. The van der Waals surface area contributed by atoms with Crippen LogP contribution < -0.4 is 5.19 Å². The predicted molar refractivity (Wildman–Crippen MR) is 259 cm³/mol. The van der Waals surface area contributed by atoms with Crippen LogP contribution in [0, 0.1) is 30.8 Å². The van der Waals surface area contributed by atoms with E-state index in [0.717, 1.165) is 62.1 Å². The van der Waals surface area contributed by atoms with Crippen molar-refractivity contribution in [3.63, 3.8) is 0 Å². The molecule has 0 saturated carbocycles. The van der Waals surface area contributed by atoms with Crippen LogP contribution in [0.5, 0.6) is 0 Å². The minimum absolute atomic E-state index is 0. The molecule has 4 aromatic heterocycles. The van der Waals surface area contributed by atoms with Gasteiger partial charge in [-0.2, -0.15) is 0 Å². The summed E-state index contributed by atoms with van der Waals surface area (Å²) in [6.45, 7) is 22.5. The fraction of sp³-hybridized carbons (Fsp3) is 0.255. The topological polar surface area (TPSA) is 56.7 Å². The molecule has 4 heterocycles. The molecule has 0 aliphatic heterocycles. The van der Waals surface area contributed by atoms with Gasteiger partial charge in [-0.3, -0.25) is 4.98 Å². The van der Waals surface area contributed by atoms with Crippen molar-refractivity contribution in [2.75, 3.05) is 0 Å². The number of furan rings is 1. The zero-order chi connectivity index (χ0) is 43.9. The van der Waals surface area contributed by atoms with Crippen LogP contribution in [0.4, 0.5) is 4.39 Å². The summed E-state index contributed by atoms with van der Waals surface area (Å²) < 4.78 is 22.2. The largest absolute Gasteiger partial charge is 0.486 e. The molecular weight excluding hydrogens is 972 g/mol.